The van der Waals surface area contributed by atoms with Gasteiger partial charge in [-0.2, -0.15) is 0 Å². The molecule has 0 fully saturated rings. The third kappa shape index (κ3) is 61.6. The highest BCUT2D eigenvalue weighted by Crippen LogP contribution is 2.45. The molecule has 0 aliphatic rings. The number of hydrogen-bond acceptors (Lipinski definition) is 15. The van der Waals surface area contributed by atoms with Gasteiger partial charge in [-0.1, -0.05) is 287 Å². The molecule has 0 amide bonds. The van der Waals surface area contributed by atoms with E-state index in [0.29, 0.717) is 25.7 Å². The molecule has 0 rings (SSSR count). The summed E-state index contributed by atoms with van der Waals surface area (Å²) >= 11 is 0. The van der Waals surface area contributed by atoms with Crippen LogP contribution in [-0.2, 0) is 65.4 Å². The van der Waals surface area contributed by atoms with E-state index < -0.39 is 97.5 Å². The van der Waals surface area contributed by atoms with E-state index in [1.807, 2.05) is 0 Å². The van der Waals surface area contributed by atoms with Gasteiger partial charge in [-0.3, -0.25) is 37.3 Å². The molecule has 0 bridgehead atoms. The van der Waals surface area contributed by atoms with Crippen LogP contribution in [0.4, 0.5) is 0 Å². The summed E-state index contributed by atoms with van der Waals surface area (Å²) in [7, 11) is -9.90. The van der Waals surface area contributed by atoms with Gasteiger partial charge in [-0.15, -0.1) is 0 Å². The van der Waals surface area contributed by atoms with Crippen molar-refractivity contribution in [3.63, 3.8) is 0 Å². The Bertz CT molecular complexity index is 1750. The second-order valence-corrected chi connectivity index (χ2v) is 29.5. The standard InChI is InChI=1S/C69H134O17P2/c1-9-62(8)48-40-32-27-28-34-42-50-67(72)80-56-65(86-68(73)51-43-35-25-17-12-10-11-15-21-29-37-45-59(2)3)58-84-88(77,78)82-54-63(70)53-81-87(75,76)83-57-64(55-79-66(71)49-41-33-24-20-19-23-31-39-47-61(6)7)85-69(74)52-44-36-26-18-14-13-16-22-30-38-46-60(4)5/h59-65,70H,9-58H2,1-8H3,(H,75,76)(H,77,78)/t62?,63?,64-,65-/m1/s1. The number of aliphatic hydroxyl groups excluding tert-OH is 1. The second-order valence-electron chi connectivity index (χ2n) is 26.6. The zero-order valence-electron chi connectivity index (χ0n) is 57.3. The number of ether oxygens (including phenoxy) is 4. The Morgan fingerprint density at radius 2 is 0.545 bits per heavy atom. The summed E-state index contributed by atoms with van der Waals surface area (Å²) in [5.74, 6) is 0.843. The number of unbranched alkanes of at least 4 members (excludes halogenated alkanes) is 31. The number of aliphatic hydroxyl groups is 1. The molecule has 17 nitrogen and oxygen atoms in total. The molecule has 522 valence electrons. The first-order valence-electron chi connectivity index (χ1n) is 35.7. The molecule has 0 aromatic rings. The Labute approximate surface area is 537 Å². The van der Waals surface area contributed by atoms with Gasteiger partial charge in [-0.25, -0.2) is 9.13 Å². The van der Waals surface area contributed by atoms with Crippen LogP contribution in [0.15, 0.2) is 0 Å². The van der Waals surface area contributed by atoms with Crippen LogP contribution in [0.1, 0.15) is 338 Å². The number of phosphoric ester groups is 2. The predicted molar refractivity (Wildman–Crippen MR) is 354 cm³/mol. The fraction of sp³-hybridized carbons (Fsp3) is 0.942. The molecule has 0 saturated heterocycles. The molecule has 0 aliphatic carbocycles. The summed E-state index contributed by atoms with van der Waals surface area (Å²) in [6.45, 7) is 14.1. The van der Waals surface area contributed by atoms with E-state index in [2.05, 4.69) is 55.4 Å². The van der Waals surface area contributed by atoms with Gasteiger partial charge in [-0.05, 0) is 49.4 Å². The van der Waals surface area contributed by atoms with Crippen LogP contribution >= 0.6 is 15.6 Å². The van der Waals surface area contributed by atoms with E-state index in [9.17, 15) is 43.2 Å². The number of rotatable bonds is 66. The minimum atomic E-state index is -4.95. The van der Waals surface area contributed by atoms with Crippen LogP contribution in [0.3, 0.4) is 0 Å². The summed E-state index contributed by atoms with van der Waals surface area (Å²) in [5, 5.41) is 10.6. The van der Waals surface area contributed by atoms with Gasteiger partial charge < -0.3 is 33.8 Å². The lowest BCUT2D eigenvalue weighted by molar-refractivity contribution is -0.161. The summed E-state index contributed by atoms with van der Waals surface area (Å²) in [4.78, 5) is 72.5. The molecular formula is C69H134O17P2. The zero-order chi connectivity index (χ0) is 65.4. The van der Waals surface area contributed by atoms with E-state index in [0.717, 1.165) is 120 Å². The van der Waals surface area contributed by atoms with Crippen molar-refractivity contribution in [2.24, 2.45) is 23.7 Å². The molecule has 88 heavy (non-hydrogen) atoms. The third-order valence-corrected chi connectivity index (χ3v) is 18.1. The molecular weight excluding hydrogens is 1160 g/mol. The highest BCUT2D eigenvalue weighted by atomic mass is 31.2. The smallest absolute Gasteiger partial charge is 0.462 e. The average Bonchev–Trinajstić information content (AvgIpc) is 3.38. The maximum Gasteiger partial charge on any atom is 0.472 e. The molecule has 19 heteroatoms. The molecule has 0 heterocycles. The monoisotopic (exact) mass is 1300 g/mol. The Morgan fingerprint density at radius 1 is 0.318 bits per heavy atom. The maximum atomic E-state index is 13.0. The quantitative estimate of drug-likeness (QED) is 0.0222. The van der Waals surface area contributed by atoms with Crippen molar-refractivity contribution in [3.8, 4) is 0 Å². The third-order valence-electron chi connectivity index (χ3n) is 16.2. The van der Waals surface area contributed by atoms with Crippen molar-refractivity contribution in [2.45, 2.75) is 356 Å². The van der Waals surface area contributed by atoms with Gasteiger partial charge in [0.15, 0.2) is 12.2 Å². The van der Waals surface area contributed by atoms with Crippen LogP contribution in [0.25, 0.3) is 0 Å². The molecule has 3 N–H and O–H groups in total. The maximum absolute atomic E-state index is 13.0. The zero-order valence-corrected chi connectivity index (χ0v) is 59.1. The first kappa shape index (κ1) is 86.1. The number of carbonyl (C=O) groups excluding carboxylic acids is 4. The van der Waals surface area contributed by atoms with E-state index in [1.165, 1.54) is 135 Å². The Hall–Kier alpha value is -1.94. The minimum absolute atomic E-state index is 0.105. The average molecular weight is 1300 g/mol. The topological polar surface area (TPSA) is 237 Å². The van der Waals surface area contributed by atoms with Crippen LogP contribution in [-0.4, -0.2) is 96.7 Å². The van der Waals surface area contributed by atoms with Gasteiger partial charge in [0.05, 0.1) is 26.4 Å². The highest BCUT2D eigenvalue weighted by Gasteiger charge is 2.30. The van der Waals surface area contributed by atoms with Crippen LogP contribution in [0, 0.1) is 23.7 Å². The second kappa shape index (κ2) is 58.8. The van der Waals surface area contributed by atoms with Crippen LogP contribution in [0.5, 0.6) is 0 Å². The first-order chi connectivity index (χ1) is 42.1. The van der Waals surface area contributed by atoms with E-state index in [1.54, 1.807) is 0 Å². The number of hydrogen-bond donors (Lipinski definition) is 3. The Morgan fingerprint density at radius 3 is 0.807 bits per heavy atom. The Balaban J connectivity index is 5.26. The van der Waals surface area contributed by atoms with Gasteiger partial charge in [0.25, 0.3) is 0 Å². The molecule has 6 atom stereocenters. The van der Waals surface area contributed by atoms with Crippen molar-refractivity contribution in [1.82, 2.24) is 0 Å². The van der Waals surface area contributed by atoms with E-state index >= 15 is 0 Å². The van der Waals surface area contributed by atoms with Gasteiger partial charge in [0, 0.05) is 25.7 Å². The van der Waals surface area contributed by atoms with Gasteiger partial charge in [0.2, 0.25) is 0 Å². The largest absolute Gasteiger partial charge is 0.472 e. The van der Waals surface area contributed by atoms with Crippen molar-refractivity contribution < 1.29 is 80.2 Å². The lowest BCUT2D eigenvalue weighted by Crippen LogP contribution is -2.30. The van der Waals surface area contributed by atoms with E-state index in [4.69, 9.17) is 37.0 Å². The van der Waals surface area contributed by atoms with Crippen molar-refractivity contribution in [2.75, 3.05) is 39.6 Å². The van der Waals surface area contributed by atoms with Gasteiger partial charge >= 0.3 is 39.5 Å². The predicted octanol–water partition coefficient (Wildman–Crippen LogP) is 19.3. The Kier molecular flexibility index (Phi) is 57.6. The van der Waals surface area contributed by atoms with Crippen molar-refractivity contribution >= 4 is 39.5 Å². The van der Waals surface area contributed by atoms with E-state index in [-0.39, 0.29) is 25.7 Å². The highest BCUT2D eigenvalue weighted by molar-refractivity contribution is 7.47. The van der Waals surface area contributed by atoms with Crippen molar-refractivity contribution in [3.05, 3.63) is 0 Å². The van der Waals surface area contributed by atoms with Crippen LogP contribution in [0.2, 0.25) is 0 Å². The SMILES string of the molecule is CCC(C)CCCCCCCCC(=O)OC[C@H](COP(=O)(O)OCC(O)COP(=O)(O)OC[C@@H](COC(=O)CCCCCCCCCCC(C)C)OC(=O)CCCCCCCCCCCCC(C)C)OC(=O)CCCCCCCCCCCCCC(C)C. The minimum Gasteiger partial charge on any atom is -0.462 e. The summed E-state index contributed by atoms with van der Waals surface area (Å²) in [5.41, 5.74) is 0. The summed E-state index contributed by atoms with van der Waals surface area (Å²) in [6.07, 6.45) is 40.3. The first-order valence-corrected chi connectivity index (χ1v) is 38.7. The molecule has 4 unspecified atom stereocenters. The van der Waals surface area contributed by atoms with Gasteiger partial charge in [0.1, 0.15) is 19.3 Å². The molecule has 0 spiro atoms. The van der Waals surface area contributed by atoms with Crippen LogP contribution < -0.4 is 0 Å². The number of carbonyl (C=O) groups is 4. The molecule has 0 saturated carbocycles. The fourth-order valence-electron chi connectivity index (χ4n) is 10.3. The molecule has 0 aromatic heterocycles. The summed E-state index contributed by atoms with van der Waals surface area (Å²) in [6, 6.07) is 0. The summed E-state index contributed by atoms with van der Waals surface area (Å²) < 4.78 is 68.2. The molecule has 0 aliphatic heterocycles. The number of esters is 4. The van der Waals surface area contributed by atoms with Crippen molar-refractivity contribution in [1.29, 1.82) is 0 Å². The lowest BCUT2D eigenvalue weighted by atomic mass is 10.00. The molecule has 0 aromatic carbocycles. The fourth-order valence-corrected chi connectivity index (χ4v) is 11.9. The molecule has 0 radical (unpaired) electrons. The normalized spacial score (nSPS) is 14.6. The lowest BCUT2D eigenvalue weighted by Gasteiger charge is -2.21. The number of phosphoric acid groups is 2.